The number of carbonyl (C=O) groups excluding carboxylic acids is 1. The second-order valence-corrected chi connectivity index (χ2v) is 8.91. The van der Waals surface area contributed by atoms with Gasteiger partial charge < -0.3 is 10.0 Å². The Hall–Kier alpha value is -1.11. The van der Waals surface area contributed by atoms with Gasteiger partial charge in [-0.25, -0.2) is 8.42 Å². The summed E-state index contributed by atoms with van der Waals surface area (Å²) in [5.41, 5.74) is 0. The molecule has 2 aliphatic carbocycles. The van der Waals surface area contributed by atoms with Crippen LogP contribution in [0.2, 0.25) is 0 Å². The van der Waals surface area contributed by atoms with Gasteiger partial charge in [0.15, 0.2) is 9.84 Å². The highest BCUT2D eigenvalue weighted by Crippen LogP contribution is 2.49. The average molecular weight is 315 g/mol. The van der Waals surface area contributed by atoms with Crippen molar-refractivity contribution in [2.75, 3.05) is 18.1 Å². The van der Waals surface area contributed by atoms with Crippen molar-refractivity contribution < 1.29 is 23.1 Å². The molecule has 4 unspecified atom stereocenters. The maximum atomic E-state index is 12.7. The number of carboxylic acids is 1. The van der Waals surface area contributed by atoms with Crippen molar-refractivity contribution in [3.63, 3.8) is 0 Å². The molecule has 6 nitrogen and oxygen atoms in total. The minimum Gasteiger partial charge on any atom is -0.481 e. The van der Waals surface area contributed by atoms with Crippen molar-refractivity contribution in [2.24, 2.45) is 17.8 Å². The van der Waals surface area contributed by atoms with Crippen LogP contribution in [-0.4, -0.2) is 54.4 Å². The lowest BCUT2D eigenvalue weighted by Crippen LogP contribution is -2.54. The van der Waals surface area contributed by atoms with Gasteiger partial charge in [0.2, 0.25) is 5.91 Å². The summed E-state index contributed by atoms with van der Waals surface area (Å²) in [4.78, 5) is 25.2. The Bertz CT molecular complexity index is 558. The Morgan fingerprint density at radius 3 is 2.52 bits per heavy atom. The van der Waals surface area contributed by atoms with Crippen LogP contribution in [0.25, 0.3) is 0 Å². The van der Waals surface area contributed by atoms with E-state index in [1.807, 2.05) is 0 Å². The van der Waals surface area contributed by atoms with Crippen molar-refractivity contribution >= 4 is 21.7 Å². The standard InChI is InChI=1S/C14H21NO5S/c16-13(17)7-11-8-21(19,20)4-3-15(11)14(18)12-6-9-1-2-10(12)5-9/h9-12H,1-8H2,(H,16,17). The second kappa shape index (κ2) is 5.26. The third kappa shape index (κ3) is 2.93. The van der Waals surface area contributed by atoms with Gasteiger partial charge in [-0.2, -0.15) is 0 Å². The van der Waals surface area contributed by atoms with E-state index in [4.69, 9.17) is 5.11 Å². The predicted molar refractivity (Wildman–Crippen MR) is 75.3 cm³/mol. The van der Waals surface area contributed by atoms with Crippen molar-refractivity contribution in [2.45, 2.75) is 38.1 Å². The summed E-state index contributed by atoms with van der Waals surface area (Å²) in [5, 5.41) is 8.97. The molecule has 7 heteroatoms. The molecule has 0 spiro atoms. The summed E-state index contributed by atoms with van der Waals surface area (Å²) in [6.07, 6.45) is 3.99. The van der Waals surface area contributed by atoms with E-state index >= 15 is 0 Å². The zero-order valence-corrected chi connectivity index (χ0v) is 12.7. The van der Waals surface area contributed by atoms with Crippen molar-refractivity contribution in [1.29, 1.82) is 0 Å². The van der Waals surface area contributed by atoms with Crippen LogP contribution in [0.1, 0.15) is 32.1 Å². The third-order valence-corrected chi connectivity index (χ3v) is 6.98. The Morgan fingerprint density at radius 2 is 1.95 bits per heavy atom. The van der Waals surface area contributed by atoms with E-state index < -0.39 is 21.8 Å². The first-order chi connectivity index (χ1) is 9.85. The number of carboxylic acid groups (broad SMARTS) is 1. The first-order valence-electron chi connectivity index (χ1n) is 7.58. The lowest BCUT2D eigenvalue weighted by Gasteiger charge is -2.37. The monoisotopic (exact) mass is 315 g/mol. The zero-order chi connectivity index (χ0) is 15.2. The van der Waals surface area contributed by atoms with Gasteiger partial charge in [-0.05, 0) is 31.1 Å². The Balaban J connectivity index is 1.75. The van der Waals surface area contributed by atoms with E-state index in [1.54, 1.807) is 4.90 Å². The normalized spacial score (nSPS) is 37.6. The van der Waals surface area contributed by atoms with E-state index in [0.717, 1.165) is 19.3 Å². The van der Waals surface area contributed by atoms with Gasteiger partial charge >= 0.3 is 5.97 Å². The average Bonchev–Trinajstić information content (AvgIpc) is 2.98. The van der Waals surface area contributed by atoms with E-state index in [2.05, 4.69) is 0 Å². The number of aliphatic carboxylic acids is 1. The molecule has 1 N–H and O–H groups in total. The van der Waals surface area contributed by atoms with Crippen molar-refractivity contribution in [3.05, 3.63) is 0 Å². The molecule has 0 aromatic rings. The van der Waals surface area contributed by atoms with Gasteiger partial charge in [0, 0.05) is 12.5 Å². The van der Waals surface area contributed by atoms with E-state index in [1.165, 1.54) is 6.42 Å². The molecule has 4 atom stereocenters. The fourth-order valence-corrected chi connectivity index (χ4v) is 5.83. The van der Waals surface area contributed by atoms with Gasteiger partial charge in [-0.15, -0.1) is 0 Å². The van der Waals surface area contributed by atoms with Crippen LogP contribution in [0.3, 0.4) is 0 Å². The van der Waals surface area contributed by atoms with Gasteiger partial charge in [0.25, 0.3) is 0 Å². The van der Waals surface area contributed by atoms with Crippen LogP contribution >= 0.6 is 0 Å². The molecule has 21 heavy (non-hydrogen) atoms. The molecule has 3 fully saturated rings. The van der Waals surface area contributed by atoms with Gasteiger partial charge in [-0.3, -0.25) is 9.59 Å². The summed E-state index contributed by atoms with van der Waals surface area (Å²) in [5.74, 6) is -0.282. The summed E-state index contributed by atoms with van der Waals surface area (Å²) in [6, 6.07) is -0.701. The van der Waals surface area contributed by atoms with Gasteiger partial charge in [0.05, 0.1) is 24.0 Å². The highest BCUT2D eigenvalue weighted by Gasteiger charge is 2.46. The molecule has 2 saturated carbocycles. The van der Waals surface area contributed by atoms with Crippen LogP contribution in [0, 0.1) is 17.8 Å². The predicted octanol–water partition coefficient (Wildman–Crippen LogP) is 0.523. The van der Waals surface area contributed by atoms with Gasteiger partial charge in [0.1, 0.15) is 0 Å². The summed E-state index contributed by atoms with van der Waals surface area (Å²) < 4.78 is 23.5. The van der Waals surface area contributed by atoms with E-state index in [9.17, 15) is 18.0 Å². The molecule has 2 bridgehead atoms. The minimum absolute atomic E-state index is 0.0108. The fraction of sp³-hybridized carbons (Fsp3) is 0.857. The molecule has 0 aromatic carbocycles. The number of hydrogen-bond donors (Lipinski definition) is 1. The number of amides is 1. The highest BCUT2D eigenvalue weighted by atomic mass is 32.2. The number of sulfone groups is 1. The molecule has 0 aromatic heterocycles. The first-order valence-corrected chi connectivity index (χ1v) is 9.40. The van der Waals surface area contributed by atoms with Crippen LogP contribution in [0.5, 0.6) is 0 Å². The van der Waals surface area contributed by atoms with E-state index in [-0.39, 0.29) is 36.3 Å². The Kier molecular flexibility index (Phi) is 3.71. The summed E-state index contributed by atoms with van der Waals surface area (Å²) >= 11 is 0. The van der Waals surface area contributed by atoms with Crippen LogP contribution < -0.4 is 0 Å². The number of hydrogen-bond acceptors (Lipinski definition) is 4. The molecule has 3 aliphatic rings. The topological polar surface area (TPSA) is 91.8 Å². The molecule has 3 rings (SSSR count). The molecule has 1 saturated heterocycles. The lowest BCUT2D eigenvalue weighted by molar-refractivity contribution is -0.143. The van der Waals surface area contributed by atoms with Crippen molar-refractivity contribution in [3.8, 4) is 0 Å². The number of nitrogens with zero attached hydrogens (tertiary/aromatic N) is 1. The summed E-state index contributed by atoms with van der Waals surface area (Å²) in [6.45, 7) is 0.146. The SMILES string of the molecule is O=C(O)CC1CS(=O)(=O)CCN1C(=O)C1CC2CCC1C2. The smallest absolute Gasteiger partial charge is 0.305 e. The maximum absolute atomic E-state index is 12.7. The number of carbonyl (C=O) groups is 2. The summed E-state index contributed by atoms with van der Waals surface area (Å²) in [7, 11) is -3.24. The van der Waals surface area contributed by atoms with E-state index in [0.29, 0.717) is 11.8 Å². The lowest BCUT2D eigenvalue weighted by atomic mass is 9.87. The second-order valence-electron chi connectivity index (χ2n) is 6.68. The number of rotatable bonds is 3. The Morgan fingerprint density at radius 1 is 1.19 bits per heavy atom. The van der Waals surface area contributed by atoms with Crippen LogP contribution in [-0.2, 0) is 19.4 Å². The zero-order valence-electron chi connectivity index (χ0n) is 11.9. The van der Waals surface area contributed by atoms with Crippen molar-refractivity contribution in [1.82, 2.24) is 4.90 Å². The largest absolute Gasteiger partial charge is 0.481 e. The molecule has 1 amide bonds. The quantitative estimate of drug-likeness (QED) is 0.820. The molecule has 0 radical (unpaired) electrons. The molecule has 1 heterocycles. The molecular weight excluding hydrogens is 294 g/mol. The van der Waals surface area contributed by atoms with Crippen LogP contribution in [0.15, 0.2) is 0 Å². The van der Waals surface area contributed by atoms with Gasteiger partial charge in [-0.1, -0.05) is 6.42 Å². The fourth-order valence-electron chi connectivity index (χ4n) is 4.31. The molecular formula is C14H21NO5S. The molecule has 118 valence electrons. The Labute approximate surface area is 124 Å². The minimum atomic E-state index is -3.24. The number of fused-ring (bicyclic) bond motifs is 2. The molecule has 1 aliphatic heterocycles. The van der Waals surface area contributed by atoms with Crippen LogP contribution in [0.4, 0.5) is 0 Å². The highest BCUT2D eigenvalue weighted by molar-refractivity contribution is 7.91. The first kappa shape index (κ1) is 14.8. The maximum Gasteiger partial charge on any atom is 0.305 e. The third-order valence-electron chi connectivity index (χ3n) is 5.28.